The van der Waals surface area contributed by atoms with Gasteiger partial charge in [-0.3, -0.25) is 9.59 Å². The lowest BCUT2D eigenvalue weighted by molar-refractivity contribution is -0.111. The summed E-state index contributed by atoms with van der Waals surface area (Å²) in [6.45, 7) is 6.41. The third-order valence-corrected chi connectivity index (χ3v) is 4.67. The number of rotatable bonds is 4. The van der Waals surface area contributed by atoms with E-state index in [1.54, 1.807) is 36.5 Å². The molecule has 6 nitrogen and oxygen atoms in total. The van der Waals surface area contributed by atoms with Crippen molar-refractivity contribution in [1.82, 2.24) is 9.88 Å². The van der Waals surface area contributed by atoms with Crippen molar-refractivity contribution in [2.45, 2.75) is 13.8 Å². The largest absolute Gasteiger partial charge is 0.353 e. The van der Waals surface area contributed by atoms with E-state index in [1.165, 1.54) is 0 Å². The van der Waals surface area contributed by atoms with Crippen LogP contribution in [0.5, 0.6) is 0 Å². The molecular weight excluding hydrogens is 376 g/mol. The van der Waals surface area contributed by atoms with Crippen LogP contribution >= 0.6 is 11.6 Å². The number of anilines is 2. The van der Waals surface area contributed by atoms with Crippen molar-refractivity contribution in [3.8, 4) is 0 Å². The number of amides is 2. The molecule has 1 N–H and O–H groups in total. The first-order valence-corrected chi connectivity index (χ1v) is 9.52. The second-order valence-electron chi connectivity index (χ2n) is 6.90. The number of halogens is 1. The van der Waals surface area contributed by atoms with Crippen LogP contribution in [0.1, 0.15) is 24.2 Å². The minimum Gasteiger partial charge on any atom is -0.353 e. The molecule has 0 spiro atoms. The molecule has 0 atom stereocenters. The number of hydrogen-bond acceptors (Lipinski definition) is 4. The average molecular weight is 399 g/mol. The molecule has 1 fully saturated rings. The number of nitrogens with one attached hydrogen (secondary N) is 1. The van der Waals surface area contributed by atoms with Gasteiger partial charge in [-0.05, 0) is 50.2 Å². The van der Waals surface area contributed by atoms with E-state index in [0.29, 0.717) is 42.5 Å². The number of carbonyl (C=O) groups is 2. The molecule has 1 aromatic heterocycles. The lowest BCUT2D eigenvalue weighted by Gasteiger charge is -2.35. The first-order valence-electron chi connectivity index (χ1n) is 9.14. The van der Waals surface area contributed by atoms with E-state index in [-0.39, 0.29) is 11.8 Å². The third kappa shape index (κ3) is 5.10. The third-order valence-electron chi connectivity index (χ3n) is 4.42. The summed E-state index contributed by atoms with van der Waals surface area (Å²) in [4.78, 5) is 32.8. The van der Waals surface area contributed by atoms with Crippen LogP contribution in [0.2, 0.25) is 5.02 Å². The fourth-order valence-electron chi connectivity index (χ4n) is 3.00. The number of carbonyl (C=O) groups excluding carboxylic acids is 2. The Balaban J connectivity index is 1.56. The zero-order valence-corrected chi connectivity index (χ0v) is 16.7. The Morgan fingerprint density at radius 3 is 2.29 bits per heavy atom. The molecule has 2 aromatic rings. The Morgan fingerprint density at radius 1 is 1.04 bits per heavy atom. The quantitative estimate of drug-likeness (QED) is 0.799. The van der Waals surface area contributed by atoms with Crippen molar-refractivity contribution in [3.63, 3.8) is 0 Å². The van der Waals surface area contributed by atoms with Crippen molar-refractivity contribution in [2.24, 2.45) is 0 Å². The van der Waals surface area contributed by atoms with Gasteiger partial charge in [0.2, 0.25) is 5.91 Å². The van der Waals surface area contributed by atoms with Gasteiger partial charge in [-0.25, -0.2) is 4.98 Å². The van der Waals surface area contributed by atoms with E-state index < -0.39 is 0 Å². The van der Waals surface area contributed by atoms with E-state index >= 15 is 0 Å². The van der Waals surface area contributed by atoms with Crippen molar-refractivity contribution < 1.29 is 9.59 Å². The van der Waals surface area contributed by atoms with E-state index in [9.17, 15) is 9.59 Å². The standard InChI is InChI=1S/C21H23ClN4O2/c1-15(2)13-20(27)24-18-7-8-19(23-14-18)25-9-11-26(12-10-25)21(28)16-3-5-17(22)6-4-16/h3-8,13-14H,9-12H2,1-2H3,(H,24,27). The SMILES string of the molecule is CC(C)=CC(=O)Nc1ccc(N2CCN(C(=O)c3ccc(Cl)cc3)CC2)nc1. The van der Waals surface area contributed by atoms with Crippen LogP contribution in [0.3, 0.4) is 0 Å². The van der Waals surface area contributed by atoms with Crippen LogP contribution in [0.25, 0.3) is 0 Å². The summed E-state index contributed by atoms with van der Waals surface area (Å²) in [7, 11) is 0. The monoisotopic (exact) mass is 398 g/mol. The predicted octanol–water partition coefficient (Wildman–Crippen LogP) is 3.60. The van der Waals surface area contributed by atoms with Gasteiger partial charge in [0.05, 0.1) is 11.9 Å². The summed E-state index contributed by atoms with van der Waals surface area (Å²) < 4.78 is 0. The van der Waals surface area contributed by atoms with Crippen LogP contribution in [0.15, 0.2) is 54.2 Å². The molecular formula is C21H23ClN4O2. The van der Waals surface area contributed by atoms with E-state index in [1.807, 2.05) is 30.9 Å². The minimum atomic E-state index is -0.163. The van der Waals surface area contributed by atoms with Crippen LogP contribution < -0.4 is 10.2 Å². The number of benzene rings is 1. The molecule has 0 bridgehead atoms. The molecule has 28 heavy (non-hydrogen) atoms. The average Bonchev–Trinajstić information content (AvgIpc) is 2.68. The maximum Gasteiger partial charge on any atom is 0.253 e. The molecule has 1 saturated heterocycles. The van der Waals surface area contributed by atoms with Gasteiger partial charge in [0.1, 0.15) is 5.82 Å². The van der Waals surface area contributed by atoms with Crippen molar-refractivity contribution in [2.75, 3.05) is 36.4 Å². The van der Waals surface area contributed by atoms with E-state index in [4.69, 9.17) is 11.6 Å². The maximum absolute atomic E-state index is 12.6. The van der Waals surface area contributed by atoms with Gasteiger partial charge in [-0.2, -0.15) is 0 Å². The van der Waals surface area contributed by atoms with Crippen molar-refractivity contribution in [1.29, 1.82) is 0 Å². The number of allylic oxidation sites excluding steroid dienone is 1. The molecule has 0 aliphatic carbocycles. The van der Waals surface area contributed by atoms with Gasteiger partial charge in [0, 0.05) is 42.8 Å². The summed E-state index contributed by atoms with van der Waals surface area (Å²) in [5, 5.41) is 3.41. The van der Waals surface area contributed by atoms with Crippen LogP contribution in [-0.2, 0) is 4.79 Å². The number of hydrogen-bond donors (Lipinski definition) is 1. The normalized spacial score (nSPS) is 13.8. The summed E-state index contributed by atoms with van der Waals surface area (Å²) >= 11 is 5.89. The Labute approximate surface area is 169 Å². The molecule has 0 saturated carbocycles. The highest BCUT2D eigenvalue weighted by atomic mass is 35.5. The molecule has 2 heterocycles. The fraction of sp³-hybridized carbons (Fsp3) is 0.286. The zero-order chi connectivity index (χ0) is 20.1. The summed E-state index contributed by atoms with van der Waals surface area (Å²) in [6.07, 6.45) is 3.20. The fourth-order valence-corrected chi connectivity index (χ4v) is 3.13. The smallest absolute Gasteiger partial charge is 0.253 e. The van der Waals surface area contributed by atoms with Gasteiger partial charge in [-0.15, -0.1) is 0 Å². The number of pyridine rings is 1. The Kier molecular flexibility index (Phi) is 6.31. The summed E-state index contributed by atoms with van der Waals surface area (Å²) in [5.74, 6) is 0.685. The molecule has 0 unspecified atom stereocenters. The number of piperazine rings is 1. The van der Waals surface area contributed by atoms with E-state index in [0.717, 1.165) is 11.4 Å². The lowest BCUT2D eigenvalue weighted by atomic mass is 10.2. The first kappa shape index (κ1) is 19.9. The molecule has 7 heteroatoms. The Bertz CT molecular complexity index is 866. The van der Waals surface area contributed by atoms with Crippen LogP contribution in [-0.4, -0.2) is 47.9 Å². The van der Waals surface area contributed by atoms with Crippen LogP contribution in [0, 0.1) is 0 Å². The molecule has 3 rings (SSSR count). The second kappa shape index (κ2) is 8.89. The highest BCUT2D eigenvalue weighted by Gasteiger charge is 2.22. The van der Waals surface area contributed by atoms with Gasteiger partial charge < -0.3 is 15.1 Å². The molecule has 0 radical (unpaired) electrons. The lowest BCUT2D eigenvalue weighted by Crippen LogP contribution is -2.49. The second-order valence-corrected chi connectivity index (χ2v) is 7.34. The molecule has 2 amide bonds. The molecule has 1 aromatic carbocycles. The highest BCUT2D eigenvalue weighted by Crippen LogP contribution is 2.18. The van der Waals surface area contributed by atoms with Gasteiger partial charge in [0.15, 0.2) is 0 Å². The highest BCUT2D eigenvalue weighted by molar-refractivity contribution is 6.30. The summed E-state index contributed by atoms with van der Waals surface area (Å²) in [5.41, 5.74) is 2.24. The Morgan fingerprint density at radius 2 is 1.71 bits per heavy atom. The Hall–Kier alpha value is -2.86. The molecule has 1 aliphatic heterocycles. The topological polar surface area (TPSA) is 65.5 Å². The van der Waals surface area contributed by atoms with Crippen molar-refractivity contribution >= 4 is 34.9 Å². The summed E-state index contributed by atoms with van der Waals surface area (Å²) in [6, 6.07) is 10.7. The van der Waals surface area contributed by atoms with Gasteiger partial charge in [-0.1, -0.05) is 17.2 Å². The van der Waals surface area contributed by atoms with Crippen LogP contribution in [0.4, 0.5) is 11.5 Å². The first-order chi connectivity index (χ1) is 13.4. The van der Waals surface area contributed by atoms with Gasteiger partial charge >= 0.3 is 0 Å². The molecule has 1 aliphatic rings. The van der Waals surface area contributed by atoms with Gasteiger partial charge in [0.25, 0.3) is 5.91 Å². The number of nitrogens with zero attached hydrogens (tertiary/aromatic N) is 3. The van der Waals surface area contributed by atoms with E-state index in [2.05, 4.69) is 15.2 Å². The minimum absolute atomic E-state index is 0.0154. The number of aromatic nitrogens is 1. The van der Waals surface area contributed by atoms with Crippen molar-refractivity contribution in [3.05, 3.63) is 64.8 Å². The molecule has 146 valence electrons. The zero-order valence-electron chi connectivity index (χ0n) is 16.0. The maximum atomic E-state index is 12.6. The predicted molar refractivity (Wildman–Crippen MR) is 112 cm³/mol.